The highest BCUT2D eigenvalue weighted by atomic mass is 31.2. The zero-order valence-electron chi connectivity index (χ0n) is 12.9. The molecule has 0 aromatic carbocycles. The van der Waals surface area contributed by atoms with Crippen molar-refractivity contribution in [3.05, 3.63) is 6.33 Å². The Morgan fingerprint density at radius 3 is 2.84 bits per heavy atom. The Bertz CT molecular complexity index is 825. The normalized spacial score (nSPS) is 29.0. The molecule has 13 nitrogen and oxygen atoms in total. The molecule has 0 saturated carbocycles. The van der Waals surface area contributed by atoms with E-state index in [9.17, 15) is 19.7 Å². The Kier molecular flexibility index (Phi) is 4.64. The lowest BCUT2D eigenvalue weighted by atomic mass is 10.1. The van der Waals surface area contributed by atoms with E-state index in [0.717, 1.165) is 0 Å². The summed E-state index contributed by atoms with van der Waals surface area (Å²) in [5.41, 5.74) is 6.25. The van der Waals surface area contributed by atoms with E-state index in [1.54, 1.807) is 7.05 Å². The Morgan fingerprint density at radius 1 is 1.48 bits per heavy atom. The fourth-order valence-electron chi connectivity index (χ4n) is 2.56. The number of fused-ring (bicyclic) bond motifs is 1. The van der Waals surface area contributed by atoms with Crippen LogP contribution in [0.25, 0.3) is 11.2 Å². The Morgan fingerprint density at radius 2 is 2.20 bits per heavy atom. The van der Waals surface area contributed by atoms with Gasteiger partial charge in [0.25, 0.3) is 7.82 Å². The second kappa shape index (κ2) is 6.46. The first kappa shape index (κ1) is 17.9. The van der Waals surface area contributed by atoms with Crippen molar-refractivity contribution in [3.63, 3.8) is 0 Å². The number of phosphoric ester groups is 1. The van der Waals surface area contributed by atoms with Crippen molar-refractivity contribution in [2.45, 2.75) is 24.5 Å². The molecule has 0 spiro atoms. The molecule has 3 heterocycles. The number of hydrogen-bond donors (Lipinski definition) is 5. The lowest BCUT2D eigenvalue weighted by Crippen LogP contribution is -2.34. The van der Waals surface area contributed by atoms with Crippen molar-refractivity contribution in [1.29, 1.82) is 0 Å². The molecule has 5 atom stereocenters. The van der Waals surface area contributed by atoms with Gasteiger partial charge in [-0.3, -0.25) is 9.13 Å². The molecule has 0 radical (unpaired) electrons. The molecular weight excluding hydrogens is 359 g/mol. The number of nitrogens with one attached hydrogen (secondary N) is 1. The summed E-state index contributed by atoms with van der Waals surface area (Å²) in [6.07, 6.45) is -3.90. The Labute approximate surface area is 140 Å². The summed E-state index contributed by atoms with van der Waals surface area (Å²) in [6.45, 7) is -0.669. The highest BCUT2D eigenvalue weighted by molar-refractivity contribution is 7.44. The van der Waals surface area contributed by atoms with Gasteiger partial charge in [0.2, 0.25) is 5.95 Å². The van der Waals surface area contributed by atoms with Gasteiger partial charge in [-0.2, -0.15) is 9.97 Å². The number of anilines is 2. The van der Waals surface area contributed by atoms with Crippen LogP contribution >= 0.6 is 7.82 Å². The van der Waals surface area contributed by atoms with Crippen LogP contribution in [-0.2, 0) is 13.8 Å². The van der Waals surface area contributed by atoms with Crippen LogP contribution in [-0.4, -0.2) is 66.6 Å². The summed E-state index contributed by atoms with van der Waals surface area (Å²) in [5, 5.41) is 23.0. The topological polar surface area (TPSA) is 201 Å². The zero-order chi connectivity index (χ0) is 18.4. The summed E-state index contributed by atoms with van der Waals surface area (Å²) in [5.74, 6) is 0.320. The smallest absolute Gasteiger partial charge is 0.265 e. The van der Waals surface area contributed by atoms with Gasteiger partial charge in [-0.25, -0.2) is 4.98 Å². The molecular formula is C11H16N6O7P-. The van der Waals surface area contributed by atoms with Crippen LogP contribution in [0, 0.1) is 0 Å². The predicted octanol–water partition coefficient (Wildman–Crippen LogP) is -2.45. The predicted molar refractivity (Wildman–Crippen MR) is 81.0 cm³/mol. The van der Waals surface area contributed by atoms with Crippen LogP contribution < -0.4 is 15.9 Å². The molecule has 1 saturated heterocycles. The number of nitrogens with zero attached hydrogens (tertiary/aromatic N) is 4. The number of rotatable bonds is 5. The average molecular weight is 375 g/mol. The average Bonchev–Trinajstić information content (AvgIpc) is 3.06. The maximum atomic E-state index is 10.7. The van der Waals surface area contributed by atoms with E-state index >= 15 is 0 Å². The van der Waals surface area contributed by atoms with Gasteiger partial charge in [0.1, 0.15) is 18.3 Å². The number of hydrogen-bond acceptors (Lipinski definition) is 11. The molecule has 1 fully saturated rings. The summed E-state index contributed by atoms with van der Waals surface area (Å²) in [4.78, 5) is 31.5. The number of phosphoric acid groups is 1. The van der Waals surface area contributed by atoms with Gasteiger partial charge in [0.05, 0.1) is 12.9 Å². The highest BCUT2D eigenvalue weighted by Crippen LogP contribution is 2.36. The van der Waals surface area contributed by atoms with Gasteiger partial charge in [0.15, 0.2) is 23.2 Å². The molecule has 0 amide bonds. The van der Waals surface area contributed by atoms with E-state index in [0.29, 0.717) is 11.3 Å². The molecule has 14 heteroatoms. The summed E-state index contributed by atoms with van der Waals surface area (Å²) in [6, 6.07) is 0. The van der Waals surface area contributed by atoms with Crippen LogP contribution in [0.5, 0.6) is 0 Å². The second-order valence-corrected chi connectivity index (χ2v) is 6.51. The second-order valence-electron chi connectivity index (χ2n) is 5.32. The number of aliphatic hydroxyl groups excluding tert-OH is 2. The lowest BCUT2D eigenvalue weighted by molar-refractivity contribution is -0.222. The first-order valence-corrected chi connectivity index (χ1v) is 8.58. The molecule has 1 aliphatic heterocycles. The molecule has 2 aromatic heterocycles. The molecule has 25 heavy (non-hydrogen) atoms. The third-order valence-corrected chi connectivity index (χ3v) is 4.16. The maximum absolute atomic E-state index is 10.7. The van der Waals surface area contributed by atoms with Gasteiger partial charge < -0.3 is 40.3 Å². The molecule has 3 rings (SSSR count). The minimum Gasteiger partial charge on any atom is -0.756 e. The minimum absolute atomic E-state index is 0.0425. The fourth-order valence-corrected chi connectivity index (χ4v) is 2.89. The Balaban J connectivity index is 1.90. The quantitative estimate of drug-likeness (QED) is 0.346. The van der Waals surface area contributed by atoms with Gasteiger partial charge in [-0.1, -0.05) is 0 Å². The number of imidazole rings is 1. The molecule has 2 aromatic rings. The van der Waals surface area contributed by atoms with Crippen molar-refractivity contribution < 1.29 is 33.8 Å². The van der Waals surface area contributed by atoms with Crippen molar-refractivity contribution in [2.24, 2.45) is 0 Å². The van der Waals surface area contributed by atoms with Crippen LogP contribution in [0.1, 0.15) is 6.23 Å². The molecule has 1 aliphatic rings. The van der Waals surface area contributed by atoms with Crippen LogP contribution in [0.15, 0.2) is 6.33 Å². The van der Waals surface area contributed by atoms with Gasteiger partial charge in [-0.05, 0) is 0 Å². The highest BCUT2D eigenvalue weighted by Gasteiger charge is 2.44. The molecule has 138 valence electrons. The zero-order valence-corrected chi connectivity index (χ0v) is 13.8. The largest absolute Gasteiger partial charge is 0.756 e. The van der Waals surface area contributed by atoms with Gasteiger partial charge in [-0.15, -0.1) is 0 Å². The van der Waals surface area contributed by atoms with Gasteiger partial charge >= 0.3 is 0 Å². The van der Waals surface area contributed by atoms with Crippen LogP contribution in [0.4, 0.5) is 11.8 Å². The van der Waals surface area contributed by atoms with E-state index in [-0.39, 0.29) is 11.6 Å². The van der Waals surface area contributed by atoms with Crippen molar-refractivity contribution in [2.75, 3.05) is 24.7 Å². The monoisotopic (exact) mass is 375 g/mol. The van der Waals surface area contributed by atoms with Gasteiger partial charge in [0, 0.05) is 7.05 Å². The minimum atomic E-state index is -4.99. The van der Waals surface area contributed by atoms with Crippen molar-refractivity contribution in [3.8, 4) is 0 Å². The van der Waals surface area contributed by atoms with E-state index < -0.39 is 39.0 Å². The SMILES string of the molecule is CNc1nc(N)nc2c1ncn2[C@@H]1O[C@H](COP(=O)([O-])O)C(O)[C@@H]1O. The third kappa shape index (κ3) is 3.43. The summed E-state index contributed by atoms with van der Waals surface area (Å²) >= 11 is 0. The van der Waals surface area contributed by atoms with E-state index in [4.69, 9.17) is 15.4 Å². The molecule has 6 N–H and O–H groups in total. The standard InChI is InChI=1S/C11H17N6O7P/c1-13-8-5-9(16-11(12)15-8)17(3-14-5)10-7(19)6(18)4(24-10)2-23-25(20,21)22/h3-4,6-7,10,18-19H,2H2,1H3,(H2,20,21,22)(H3,12,13,15,16)/p-1/t4-,6?,7+,10-/m1/s1. The van der Waals surface area contributed by atoms with E-state index in [2.05, 4.69) is 24.8 Å². The van der Waals surface area contributed by atoms with Crippen LogP contribution in [0.3, 0.4) is 0 Å². The summed E-state index contributed by atoms with van der Waals surface area (Å²) < 4.78 is 21.7. The number of nitrogens with two attached hydrogens (primary N) is 1. The number of nitrogen functional groups attached to an aromatic ring is 1. The fraction of sp³-hybridized carbons (Fsp3) is 0.545. The number of aliphatic hydroxyl groups is 2. The van der Waals surface area contributed by atoms with E-state index in [1.807, 2.05) is 0 Å². The summed E-state index contributed by atoms with van der Waals surface area (Å²) in [7, 11) is -3.37. The first-order chi connectivity index (χ1) is 11.7. The molecule has 0 aliphatic carbocycles. The van der Waals surface area contributed by atoms with Crippen molar-refractivity contribution in [1.82, 2.24) is 19.5 Å². The van der Waals surface area contributed by atoms with Crippen LogP contribution in [0.2, 0.25) is 0 Å². The molecule has 2 unspecified atom stereocenters. The first-order valence-electron chi connectivity index (χ1n) is 7.09. The number of ether oxygens (including phenoxy) is 1. The number of aromatic nitrogens is 4. The molecule has 0 bridgehead atoms. The third-order valence-electron chi connectivity index (χ3n) is 3.69. The van der Waals surface area contributed by atoms with E-state index in [1.165, 1.54) is 10.9 Å². The van der Waals surface area contributed by atoms with Crippen molar-refractivity contribution >= 4 is 30.8 Å². The lowest BCUT2D eigenvalue weighted by Gasteiger charge is -2.20. The maximum Gasteiger partial charge on any atom is 0.265 e. The Hall–Kier alpha value is -1.86.